The number of ether oxygens (including phenoxy) is 4. The maximum atomic E-state index is 12.9. The number of hydrogen-bond acceptors (Lipinski definition) is 8. The maximum absolute atomic E-state index is 12.9. The van der Waals surface area contributed by atoms with Crippen LogP contribution >= 0.6 is 0 Å². The molecule has 0 unspecified atom stereocenters. The van der Waals surface area contributed by atoms with Gasteiger partial charge in [0, 0.05) is 20.2 Å². The molecule has 0 aliphatic carbocycles. The van der Waals surface area contributed by atoms with Gasteiger partial charge in [-0.25, -0.2) is 14.2 Å². The number of rotatable bonds is 13. The number of carbonyl (C=O) groups is 2. The first-order valence-corrected chi connectivity index (χ1v) is 11.0. The zero-order valence-corrected chi connectivity index (χ0v) is 19.3. The molecule has 0 saturated carbocycles. The van der Waals surface area contributed by atoms with Gasteiger partial charge < -0.3 is 34.3 Å². The Morgan fingerprint density at radius 1 is 1.30 bits per heavy atom. The number of hydrogen-bond donors (Lipinski definition) is 2. The lowest BCUT2D eigenvalue weighted by molar-refractivity contribution is -0.171. The number of pyridine rings is 1. The van der Waals surface area contributed by atoms with Crippen molar-refractivity contribution in [3.05, 3.63) is 17.8 Å². The molecule has 1 aromatic heterocycles. The summed E-state index contributed by atoms with van der Waals surface area (Å²) in [6.07, 6.45) is 0.556. The number of carboxylic acids is 1. The number of methoxy groups -OCH3 is 1. The van der Waals surface area contributed by atoms with Crippen LogP contribution in [0.1, 0.15) is 37.2 Å². The van der Waals surface area contributed by atoms with Gasteiger partial charge in [0.15, 0.2) is 6.86 Å². The van der Waals surface area contributed by atoms with Crippen LogP contribution in [0.25, 0.3) is 0 Å². The van der Waals surface area contributed by atoms with Gasteiger partial charge in [0.05, 0.1) is 31.3 Å². The summed E-state index contributed by atoms with van der Waals surface area (Å²) in [5.74, 6) is -1.46. The Morgan fingerprint density at radius 2 is 2.00 bits per heavy atom. The summed E-state index contributed by atoms with van der Waals surface area (Å²) in [4.78, 5) is 31.1. The molecule has 2 saturated heterocycles. The van der Waals surface area contributed by atoms with Crippen molar-refractivity contribution in [3.8, 4) is 5.88 Å². The first kappa shape index (κ1) is 25.1. The molecule has 33 heavy (non-hydrogen) atoms. The van der Waals surface area contributed by atoms with Gasteiger partial charge in [-0.1, -0.05) is 13.8 Å². The Labute approximate surface area is 192 Å². The number of nitrogens with zero attached hydrogens (tertiary/aromatic N) is 2. The molecule has 0 spiro atoms. The molecule has 11 heteroatoms. The number of alkyl halides is 1. The molecule has 10 nitrogen and oxygen atoms in total. The van der Waals surface area contributed by atoms with Crippen molar-refractivity contribution >= 4 is 17.6 Å². The Kier molecular flexibility index (Phi) is 8.09. The smallest absolute Gasteiger partial charge is 0.329 e. The number of aliphatic carboxylic acids is 1. The van der Waals surface area contributed by atoms with E-state index in [1.54, 1.807) is 33.1 Å². The minimum Gasteiger partial charge on any atom is -0.480 e. The Bertz CT molecular complexity index is 839. The van der Waals surface area contributed by atoms with Crippen LogP contribution in [0.5, 0.6) is 5.88 Å². The second-order valence-corrected chi connectivity index (χ2v) is 8.57. The van der Waals surface area contributed by atoms with Gasteiger partial charge in [-0.2, -0.15) is 0 Å². The highest BCUT2D eigenvalue weighted by atomic mass is 19.1. The summed E-state index contributed by atoms with van der Waals surface area (Å²) in [5.41, 5.74) is -1.13. The van der Waals surface area contributed by atoms with Crippen LogP contribution in [0.4, 0.5) is 10.1 Å². The topological polar surface area (TPSA) is 119 Å². The Morgan fingerprint density at radius 3 is 2.52 bits per heavy atom. The van der Waals surface area contributed by atoms with E-state index in [1.807, 2.05) is 4.90 Å². The van der Waals surface area contributed by atoms with E-state index in [9.17, 15) is 19.1 Å². The third-order valence-electron chi connectivity index (χ3n) is 6.38. The molecule has 3 heterocycles. The third-order valence-corrected chi connectivity index (χ3v) is 6.38. The summed E-state index contributed by atoms with van der Waals surface area (Å²) in [6.45, 7) is 4.86. The summed E-state index contributed by atoms with van der Waals surface area (Å²) in [6, 6.07) is 3.27. The SMILES string of the molecule is CCC(CC)(NC(=O)c1ccc(N2CC(OC)C2)c(OCC2(COCF)COC2)n1)C(=O)O. The predicted octanol–water partition coefficient (Wildman–Crippen LogP) is 1.63. The van der Waals surface area contributed by atoms with Crippen LogP contribution in [0.15, 0.2) is 12.1 Å². The molecule has 2 aliphatic rings. The van der Waals surface area contributed by atoms with E-state index in [0.717, 1.165) is 0 Å². The second kappa shape index (κ2) is 10.6. The van der Waals surface area contributed by atoms with E-state index >= 15 is 0 Å². The van der Waals surface area contributed by atoms with Crippen LogP contribution in [-0.4, -0.2) is 87.1 Å². The maximum Gasteiger partial charge on any atom is 0.329 e. The normalized spacial score (nSPS) is 17.8. The standard InChI is InChI=1S/C22H32FN3O7/c1-4-22(5-2,20(28)29)25-18(27)16-6-7-17(26-8-15(9-26)30-3)19(24-16)33-13-21(10-31-11-21)12-32-14-23/h6-7,15H,4-5,8-14H2,1-3H3,(H,25,27)(H,28,29). The minimum atomic E-state index is -1.38. The molecule has 0 bridgehead atoms. The van der Waals surface area contributed by atoms with Crippen molar-refractivity contribution < 1.29 is 38.0 Å². The quantitative estimate of drug-likeness (QED) is 0.444. The number of nitrogens with one attached hydrogen (secondary N) is 1. The summed E-state index contributed by atoms with van der Waals surface area (Å²) >= 11 is 0. The predicted molar refractivity (Wildman–Crippen MR) is 116 cm³/mol. The van der Waals surface area contributed by atoms with Gasteiger partial charge in [0.25, 0.3) is 5.91 Å². The highest BCUT2D eigenvalue weighted by Gasteiger charge is 2.41. The number of halogens is 1. The molecule has 1 amide bonds. The number of anilines is 1. The van der Waals surface area contributed by atoms with Crippen molar-refractivity contribution in [3.63, 3.8) is 0 Å². The minimum absolute atomic E-state index is 0.0454. The average Bonchev–Trinajstić information content (AvgIpc) is 2.76. The van der Waals surface area contributed by atoms with Crippen molar-refractivity contribution in [2.45, 2.75) is 38.3 Å². The molecule has 2 N–H and O–H groups in total. The highest BCUT2D eigenvalue weighted by molar-refractivity contribution is 5.96. The van der Waals surface area contributed by atoms with Gasteiger partial charge in [-0.05, 0) is 25.0 Å². The fourth-order valence-electron chi connectivity index (χ4n) is 3.83. The summed E-state index contributed by atoms with van der Waals surface area (Å²) in [7, 11) is 1.65. The lowest BCUT2D eigenvalue weighted by Gasteiger charge is -2.42. The average molecular weight is 470 g/mol. The first-order valence-electron chi connectivity index (χ1n) is 11.0. The van der Waals surface area contributed by atoms with E-state index < -0.39 is 29.7 Å². The zero-order valence-electron chi connectivity index (χ0n) is 19.3. The largest absolute Gasteiger partial charge is 0.480 e. The lowest BCUT2D eigenvalue weighted by atomic mass is 9.88. The molecular weight excluding hydrogens is 437 g/mol. The van der Waals surface area contributed by atoms with Gasteiger partial charge in [0.2, 0.25) is 5.88 Å². The van der Waals surface area contributed by atoms with Gasteiger partial charge in [0.1, 0.15) is 23.5 Å². The van der Waals surface area contributed by atoms with E-state index in [4.69, 9.17) is 18.9 Å². The molecule has 0 aromatic carbocycles. The number of carboxylic acid groups (broad SMARTS) is 1. The number of aromatic nitrogens is 1. The lowest BCUT2D eigenvalue weighted by Crippen LogP contribution is -2.54. The summed E-state index contributed by atoms with van der Waals surface area (Å²) < 4.78 is 34.1. The molecule has 184 valence electrons. The Balaban J connectivity index is 1.81. The van der Waals surface area contributed by atoms with E-state index in [0.29, 0.717) is 32.0 Å². The van der Waals surface area contributed by atoms with E-state index in [-0.39, 0.29) is 43.7 Å². The molecule has 0 radical (unpaired) electrons. The van der Waals surface area contributed by atoms with Crippen LogP contribution < -0.4 is 15.0 Å². The molecule has 1 aromatic rings. The molecule has 2 aliphatic heterocycles. The van der Waals surface area contributed by atoms with Crippen LogP contribution in [0.2, 0.25) is 0 Å². The highest BCUT2D eigenvalue weighted by Crippen LogP contribution is 2.34. The van der Waals surface area contributed by atoms with Gasteiger partial charge in [-0.3, -0.25) is 4.79 Å². The third kappa shape index (κ3) is 5.36. The monoisotopic (exact) mass is 469 g/mol. The van der Waals surface area contributed by atoms with Crippen LogP contribution in [0.3, 0.4) is 0 Å². The zero-order chi connectivity index (χ0) is 24.1. The number of carbonyl (C=O) groups excluding carboxylic acids is 1. The van der Waals surface area contributed by atoms with Crippen molar-refractivity contribution in [2.75, 3.05) is 58.4 Å². The summed E-state index contributed by atoms with van der Waals surface area (Å²) in [5, 5.41) is 12.2. The molecule has 3 rings (SSSR count). The molecule has 2 fully saturated rings. The van der Waals surface area contributed by atoms with E-state index in [2.05, 4.69) is 10.3 Å². The fourth-order valence-corrected chi connectivity index (χ4v) is 3.83. The van der Waals surface area contributed by atoms with Crippen LogP contribution in [-0.2, 0) is 19.0 Å². The Hall–Kier alpha value is -2.50. The van der Waals surface area contributed by atoms with Gasteiger partial charge in [-0.15, -0.1) is 0 Å². The molecular formula is C22H32FN3O7. The number of amides is 1. The van der Waals surface area contributed by atoms with Crippen molar-refractivity contribution in [2.24, 2.45) is 5.41 Å². The van der Waals surface area contributed by atoms with Crippen LogP contribution in [0, 0.1) is 5.41 Å². The first-order chi connectivity index (χ1) is 15.8. The van der Waals surface area contributed by atoms with Crippen molar-refractivity contribution in [1.29, 1.82) is 0 Å². The van der Waals surface area contributed by atoms with Gasteiger partial charge >= 0.3 is 5.97 Å². The van der Waals surface area contributed by atoms with Crippen molar-refractivity contribution in [1.82, 2.24) is 10.3 Å². The molecule has 0 atom stereocenters. The fraction of sp³-hybridized carbons (Fsp3) is 0.682. The van der Waals surface area contributed by atoms with E-state index in [1.165, 1.54) is 0 Å². The second-order valence-electron chi connectivity index (χ2n) is 8.57.